The molecule has 0 aliphatic rings. The molecule has 0 saturated carbocycles. The Kier molecular flexibility index (Phi) is 8.13. The number of furan rings is 1. The predicted molar refractivity (Wildman–Crippen MR) is 160 cm³/mol. The summed E-state index contributed by atoms with van der Waals surface area (Å²) in [4.78, 5) is 26.5. The fourth-order valence-electron chi connectivity index (χ4n) is 4.93. The van der Waals surface area contributed by atoms with Crippen LogP contribution in [0.1, 0.15) is 53.5 Å². The van der Waals surface area contributed by atoms with Crippen molar-refractivity contribution < 1.29 is 23.5 Å². The lowest BCUT2D eigenvalue weighted by Gasteiger charge is -2.14. The van der Waals surface area contributed by atoms with Crippen LogP contribution in [0.25, 0.3) is 44.5 Å². The minimum absolute atomic E-state index is 0.0758. The van der Waals surface area contributed by atoms with Gasteiger partial charge in [0.25, 0.3) is 5.91 Å². The van der Waals surface area contributed by atoms with Gasteiger partial charge in [-0.1, -0.05) is 57.2 Å². The van der Waals surface area contributed by atoms with Gasteiger partial charge in [-0.15, -0.1) is 0 Å². The average molecular weight is 550 g/mol. The number of Topliss-reactive ketones (excluding diaryl/α,β-unsaturated/α-hetero) is 1. The van der Waals surface area contributed by atoms with Crippen LogP contribution in [0.3, 0.4) is 0 Å². The molecular weight excluding hydrogens is 517 g/mol. The van der Waals surface area contributed by atoms with Crippen molar-refractivity contribution in [3.8, 4) is 33.6 Å². The average Bonchev–Trinajstić information content (AvgIpc) is 3.38. The summed E-state index contributed by atoms with van der Waals surface area (Å²) in [6, 6.07) is 24.8. The lowest BCUT2D eigenvalue weighted by Crippen LogP contribution is -2.27. The first-order chi connectivity index (χ1) is 19.8. The number of amides is 1. The molecule has 41 heavy (non-hydrogen) atoms. The summed E-state index contributed by atoms with van der Waals surface area (Å²) in [5.74, 6) is 0.0756. The van der Waals surface area contributed by atoms with Crippen LogP contribution >= 0.6 is 0 Å². The normalized spacial score (nSPS) is 11.3. The molecule has 0 aliphatic carbocycles. The molecule has 5 nitrogen and oxygen atoms in total. The number of aliphatic hydroxyl groups is 1. The molecule has 6 heteroatoms. The largest absolute Gasteiger partial charge is 0.455 e. The molecule has 0 fully saturated rings. The Labute approximate surface area is 238 Å². The molecule has 0 spiro atoms. The maximum atomic E-state index is 13.6. The topological polar surface area (TPSA) is 79.5 Å². The summed E-state index contributed by atoms with van der Waals surface area (Å²) >= 11 is 0. The summed E-state index contributed by atoms with van der Waals surface area (Å²) in [5.41, 5.74) is 6.14. The van der Waals surface area contributed by atoms with Gasteiger partial charge in [0.15, 0.2) is 5.78 Å². The lowest BCUT2D eigenvalue weighted by molar-refractivity contribution is 0.0948. The van der Waals surface area contributed by atoms with Gasteiger partial charge < -0.3 is 14.8 Å². The number of hydrogen-bond donors (Lipinski definition) is 2. The molecule has 0 unspecified atom stereocenters. The standard InChI is InChI=1S/C35H32FNO4/c1-4-31(39)33-30-18-25(11-15-32(30)41-34(33)23-8-12-27(36)13-9-23)24-10-14-28(26-7-5-6-22(16-26)20-38)29(17-24)35(40)37-19-21(2)3/h5-18,21,38H,4,19-20H2,1-3H3,(H,37,40). The lowest BCUT2D eigenvalue weighted by atomic mass is 9.92. The van der Waals surface area contributed by atoms with Crippen LogP contribution in [0.15, 0.2) is 89.3 Å². The molecule has 1 amide bonds. The number of benzene rings is 4. The van der Waals surface area contributed by atoms with Crippen molar-refractivity contribution in [1.82, 2.24) is 5.32 Å². The molecule has 208 valence electrons. The molecule has 5 aromatic rings. The third-order valence-corrected chi connectivity index (χ3v) is 7.08. The molecular formula is C35H32FNO4. The van der Waals surface area contributed by atoms with Crippen LogP contribution in [-0.2, 0) is 6.61 Å². The molecule has 0 saturated heterocycles. The highest BCUT2D eigenvalue weighted by atomic mass is 19.1. The Bertz CT molecular complexity index is 1730. The Morgan fingerprint density at radius 2 is 1.59 bits per heavy atom. The molecule has 0 atom stereocenters. The van der Waals surface area contributed by atoms with E-state index in [2.05, 4.69) is 5.32 Å². The van der Waals surface area contributed by atoms with Crippen molar-refractivity contribution >= 4 is 22.7 Å². The first-order valence-corrected chi connectivity index (χ1v) is 13.8. The third kappa shape index (κ3) is 5.83. The fourth-order valence-corrected chi connectivity index (χ4v) is 4.93. The number of nitrogens with one attached hydrogen (secondary N) is 1. The third-order valence-electron chi connectivity index (χ3n) is 7.08. The van der Waals surface area contributed by atoms with E-state index in [4.69, 9.17) is 4.42 Å². The van der Waals surface area contributed by atoms with Crippen molar-refractivity contribution in [3.63, 3.8) is 0 Å². The molecule has 0 radical (unpaired) electrons. The van der Waals surface area contributed by atoms with Crippen LogP contribution in [-0.4, -0.2) is 23.3 Å². The highest BCUT2D eigenvalue weighted by molar-refractivity contribution is 6.13. The molecule has 2 N–H and O–H groups in total. The highest BCUT2D eigenvalue weighted by Gasteiger charge is 2.22. The van der Waals surface area contributed by atoms with Crippen molar-refractivity contribution in [1.29, 1.82) is 0 Å². The molecule has 1 heterocycles. The highest BCUT2D eigenvalue weighted by Crippen LogP contribution is 2.38. The van der Waals surface area contributed by atoms with Crippen LogP contribution in [0.5, 0.6) is 0 Å². The van der Waals surface area contributed by atoms with E-state index in [1.807, 2.05) is 74.5 Å². The van der Waals surface area contributed by atoms with Crippen molar-refractivity contribution in [2.24, 2.45) is 5.92 Å². The number of fused-ring (bicyclic) bond motifs is 1. The minimum atomic E-state index is -0.365. The van der Waals surface area contributed by atoms with Gasteiger partial charge in [-0.05, 0) is 82.3 Å². The summed E-state index contributed by atoms with van der Waals surface area (Å²) in [6.45, 7) is 6.32. The zero-order valence-corrected chi connectivity index (χ0v) is 23.3. The Balaban J connectivity index is 1.64. The zero-order chi connectivity index (χ0) is 29.1. The van der Waals surface area contributed by atoms with Crippen LogP contribution in [0, 0.1) is 11.7 Å². The number of carbonyl (C=O) groups excluding carboxylic acids is 2. The molecule has 0 bridgehead atoms. The molecule has 1 aromatic heterocycles. The molecule has 5 rings (SSSR count). The first-order valence-electron chi connectivity index (χ1n) is 13.8. The minimum Gasteiger partial charge on any atom is -0.455 e. The van der Waals surface area contributed by atoms with Gasteiger partial charge in [-0.2, -0.15) is 0 Å². The van der Waals surface area contributed by atoms with Crippen LogP contribution in [0.4, 0.5) is 4.39 Å². The van der Waals surface area contributed by atoms with E-state index in [1.165, 1.54) is 12.1 Å². The first kappa shape index (κ1) is 28.0. The van der Waals surface area contributed by atoms with E-state index in [0.717, 1.165) is 27.8 Å². The van der Waals surface area contributed by atoms with Gasteiger partial charge in [0.1, 0.15) is 17.2 Å². The smallest absolute Gasteiger partial charge is 0.251 e. The predicted octanol–water partition coefficient (Wildman–Crippen LogP) is 8.04. The van der Waals surface area contributed by atoms with Gasteiger partial charge in [-0.25, -0.2) is 4.39 Å². The SMILES string of the molecule is CCC(=O)c1c(-c2ccc(F)cc2)oc2ccc(-c3ccc(-c4cccc(CO)c4)c(C(=O)NCC(C)C)c3)cc12. The van der Waals surface area contributed by atoms with Crippen molar-refractivity contribution in [2.45, 2.75) is 33.8 Å². The number of hydrogen-bond acceptors (Lipinski definition) is 4. The number of rotatable bonds is 9. The summed E-state index contributed by atoms with van der Waals surface area (Å²) in [5, 5.41) is 13.3. The maximum Gasteiger partial charge on any atom is 0.251 e. The van der Waals surface area contributed by atoms with Crippen molar-refractivity contribution in [2.75, 3.05) is 6.54 Å². The Hall–Kier alpha value is -4.55. The van der Waals surface area contributed by atoms with E-state index in [9.17, 15) is 19.1 Å². The number of aliphatic hydroxyl groups excluding tert-OH is 1. The van der Waals surface area contributed by atoms with Gasteiger partial charge >= 0.3 is 0 Å². The molecule has 0 aliphatic heterocycles. The van der Waals surface area contributed by atoms with Crippen molar-refractivity contribution in [3.05, 3.63) is 107 Å². The second-order valence-electron chi connectivity index (χ2n) is 10.5. The molecule has 4 aromatic carbocycles. The Morgan fingerprint density at radius 1 is 0.878 bits per heavy atom. The fraction of sp³-hybridized carbons (Fsp3) is 0.200. The van der Waals surface area contributed by atoms with E-state index in [1.54, 1.807) is 19.1 Å². The zero-order valence-electron chi connectivity index (χ0n) is 23.3. The number of ketones is 1. The second-order valence-corrected chi connectivity index (χ2v) is 10.5. The van der Waals surface area contributed by atoms with Gasteiger partial charge in [0.05, 0.1) is 12.2 Å². The summed E-state index contributed by atoms with van der Waals surface area (Å²) < 4.78 is 19.7. The van der Waals surface area contributed by atoms with Crippen LogP contribution in [0.2, 0.25) is 0 Å². The Morgan fingerprint density at radius 3 is 2.29 bits per heavy atom. The van der Waals surface area contributed by atoms with E-state index >= 15 is 0 Å². The van der Waals surface area contributed by atoms with Gasteiger partial charge in [0.2, 0.25) is 0 Å². The summed E-state index contributed by atoms with van der Waals surface area (Å²) in [7, 11) is 0. The quantitative estimate of drug-likeness (QED) is 0.182. The van der Waals surface area contributed by atoms with Gasteiger partial charge in [0, 0.05) is 29.5 Å². The monoisotopic (exact) mass is 549 g/mol. The second kappa shape index (κ2) is 11.9. The van der Waals surface area contributed by atoms with E-state index < -0.39 is 0 Å². The number of carbonyl (C=O) groups is 2. The van der Waals surface area contributed by atoms with E-state index in [0.29, 0.717) is 40.0 Å². The summed E-state index contributed by atoms with van der Waals surface area (Å²) in [6.07, 6.45) is 0.287. The van der Waals surface area contributed by atoms with Gasteiger partial charge in [-0.3, -0.25) is 9.59 Å². The van der Waals surface area contributed by atoms with Crippen LogP contribution < -0.4 is 5.32 Å². The number of halogens is 1. The van der Waals surface area contributed by atoms with E-state index in [-0.39, 0.29) is 36.5 Å². The maximum absolute atomic E-state index is 13.6.